The van der Waals surface area contributed by atoms with Crippen molar-refractivity contribution < 1.29 is 28.7 Å². The van der Waals surface area contributed by atoms with Crippen LogP contribution in [0.25, 0.3) is 0 Å². The number of amides is 2. The number of anilines is 2. The van der Waals surface area contributed by atoms with Gasteiger partial charge < -0.3 is 19.7 Å². The van der Waals surface area contributed by atoms with Crippen molar-refractivity contribution in [1.29, 1.82) is 0 Å². The van der Waals surface area contributed by atoms with E-state index in [1.54, 1.807) is 43.3 Å². The van der Waals surface area contributed by atoms with E-state index in [-0.39, 0.29) is 25.5 Å². The number of benzene rings is 2. The van der Waals surface area contributed by atoms with Crippen molar-refractivity contribution in [1.82, 2.24) is 0 Å². The van der Waals surface area contributed by atoms with Gasteiger partial charge in [0.1, 0.15) is 0 Å². The number of hydrogen-bond donors (Lipinski definition) is 1. The molecule has 0 aliphatic carbocycles. The molecule has 1 aliphatic heterocycles. The highest BCUT2D eigenvalue weighted by Gasteiger charge is 2.36. The molecular weight excluding hydrogens is 480 g/mol. The lowest BCUT2D eigenvalue weighted by Gasteiger charge is -2.17. The number of esters is 2. The van der Waals surface area contributed by atoms with Crippen LogP contribution in [0, 0.1) is 12.8 Å². The van der Waals surface area contributed by atoms with Gasteiger partial charge in [0, 0.05) is 28.8 Å². The molecule has 0 radical (unpaired) electrons. The summed E-state index contributed by atoms with van der Waals surface area (Å²) in [5.74, 6) is -2.41. The van der Waals surface area contributed by atoms with Crippen molar-refractivity contribution in [3.63, 3.8) is 0 Å². The fraction of sp³-hybridized carbons (Fsp3) is 0.304. The molecule has 1 N–H and O–H groups in total. The Labute approximate surface area is 194 Å². The highest BCUT2D eigenvalue weighted by atomic mass is 79.9. The lowest BCUT2D eigenvalue weighted by molar-refractivity contribution is -0.151. The van der Waals surface area contributed by atoms with Crippen molar-refractivity contribution >= 4 is 51.1 Å². The third-order valence-electron chi connectivity index (χ3n) is 4.94. The molecule has 2 aromatic carbocycles. The Hall–Kier alpha value is -3.20. The van der Waals surface area contributed by atoms with Gasteiger partial charge in [-0.05, 0) is 61.9 Å². The molecule has 0 aromatic heterocycles. The van der Waals surface area contributed by atoms with Gasteiger partial charge in [-0.15, -0.1) is 0 Å². The first-order chi connectivity index (χ1) is 15.3. The molecule has 2 aromatic rings. The number of carbonyl (C=O) groups is 4. The Morgan fingerprint density at radius 1 is 1.12 bits per heavy atom. The van der Waals surface area contributed by atoms with Gasteiger partial charge >= 0.3 is 11.9 Å². The topological polar surface area (TPSA) is 102 Å². The molecule has 8 nitrogen and oxygen atoms in total. The van der Waals surface area contributed by atoms with Gasteiger partial charge in [0.25, 0.3) is 5.91 Å². The van der Waals surface area contributed by atoms with Crippen LogP contribution in [-0.2, 0) is 23.9 Å². The van der Waals surface area contributed by atoms with Gasteiger partial charge in [0.2, 0.25) is 5.91 Å². The molecule has 3 rings (SSSR count). The van der Waals surface area contributed by atoms with Crippen LogP contribution in [0.1, 0.15) is 29.3 Å². The quantitative estimate of drug-likeness (QED) is 0.581. The molecule has 0 bridgehead atoms. The van der Waals surface area contributed by atoms with Crippen LogP contribution in [0.3, 0.4) is 0 Å². The van der Waals surface area contributed by atoms with Gasteiger partial charge in [-0.1, -0.05) is 15.9 Å². The second kappa shape index (κ2) is 10.4. The Bertz CT molecular complexity index is 1040. The molecule has 0 unspecified atom stereocenters. The van der Waals surface area contributed by atoms with Crippen LogP contribution >= 0.6 is 15.9 Å². The van der Waals surface area contributed by atoms with E-state index in [9.17, 15) is 19.2 Å². The van der Waals surface area contributed by atoms with Crippen LogP contribution in [0.15, 0.2) is 46.9 Å². The SMILES string of the molecule is CCOC(=O)c1ccc(N2C[C@H](C(=O)OCC(=O)Nc3ccc(Br)c(C)c3)CC2=O)cc1. The van der Waals surface area contributed by atoms with Gasteiger partial charge in [-0.2, -0.15) is 0 Å². The van der Waals surface area contributed by atoms with E-state index < -0.39 is 30.4 Å². The van der Waals surface area contributed by atoms with Gasteiger partial charge in [-0.3, -0.25) is 14.4 Å². The summed E-state index contributed by atoms with van der Waals surface area (Å²) in [7, 11) is 0. The fourth-order valence-electron chi connectivity index (χ4n) is 3.28. The monoisotopic (exact) mass is 502 g/mol. The van der Waals surface area contributed by atoms with Crippen molar-refractivity contribution in [3.05, 3.63) is 58.1 Å². The molecule has 2 amide bonds. The zero-order valence-electron chi connectivity index (χ0n) is 17.7. The maximum Gasteiger partial charge on any atom is 0.338 e. The van der Waals surface area contributed by atoms with E-state index in [0.29, 0.717) is 16.9 Å². The van der Waals surface area contributed by atoms with Crippen LogP contribution in [0.4, 0.5) is 11.4 Å². The smallest absolute Gasteiger partial charge is 0.338 e. The van der Waals surface area contributed by atoms with Crippen molar-refractivity contribution in [2.24, 2.45) is 5.92 Å². The molecule has 168 valence electrons. The number of nitrogens with one attached hydrogen (secondary N) is 1. The molecule has 0 spiro atoms. The highest BCUT2D eigenvalue weighted by molar-refractivity contribution is 9.10. The first kappa shape index (κ1) is 23.5. The number of halogens is 1. The van der Waals surface area contributed by atoms with E-state index in [2.05, 4.69) is 21.2 Å². The number of nitrogens with zero attached hydrogens (tertiary/aromatic N) is 1. The Morgan fingerprint density at radius 2 is 1.84 bits per heavy atom. The van der Waals surface area contributed by atoms with Crippen LogP contribution < -0.4 is 10.2 Å². The summed E-state index contributed by atoms with van der Waals surface area (Å²) in [6.45, 7) is 3.60. The molecule has 1 heterocycles. The average Bonchev–Trinajstić information content (AvgIpc) is 3.16. The molecule has 1 aliphatic rings. The molecule has 1 fully saturated rings. The van der Waals surface area contributed by atoms with Crippen molar-refractivity contribution in [2.45, 2.75) is 20.3 Å². The number of carbonyl (C=O) groups excluding carboxylic acids is 4. The third kappa shape index (κ3) is 5.73. The number of hydrogen-bond acceptors (Lipinski definition) is 6. The predicted molar refractivity (Wildman–Crippen MR) is 121 cm³/mol. The summed E-state index contributed by atoms with van der Waals surface area (Å²) in [5, 5.41) is 2.67. The molecule has 32 heavy (non-hydrogen) atoms. The van der Waals surface area contributed by atoms with Crippen molar-refractivity contribution in [2.75, 3.05) is 30.0 Å². The number of ether oxygens (including phenoxy) is 2. The molecular formula is C23H23BrN2O6. The normalized spacial score (nSPS) is 15.4. The van der Waals surface area contributed by atoms with Crippen molar-refractivity contribution in [3.8, 4) is 0 Å². The first-order valence-electron chi connectivity index (χ1n) is 10.1. The zero-order valence-corrected chi connectivity index (χ0v) is 19.3. The van der Waals surface area contributed by atoms with E-state index in [0.717, 1.165) is 10.0 Å². The first-order valence-corrected chi connectivity index (χ1v) is 10.9. The molecule has 9 heteroatoms. The van der Waals surface area contributed by atoms with E-state index in [1.165, 1.54) is 4.90 Å². The maximum atomic E-state index is 12.4. The van der Waals surface area contributed by atoms with E-state index in [4.69, 9.17) is 9.47 Å². The summed E-state index contributed by atoms with van der Waals surface area (Å²) in [5.41, 5.74) is 2.51. The van der Waals surface area contributed by atoms with Crippen LogP contribution in [0.5, 0.6) is 0 Å². The lowest BCUT2D eigenvalue weighted by Crippen LogP contribution is -2.28. The largest absolute Gasteiger partial charge is 0.462 e. The molecule has 1 atom stereocenters. The van der Waals surface area contributed by atoms with E-state index in [1.807, 2.05) is 13.0 Å². The second-order valence-corrected chi connectivity index (χ2v) is 8.15. The molecule has 1 saturated heterocycles. The summed E-state index contributed by atoms with van der Waals surface area (Å²) >= 11 is 3.39. The number of rotatable bonds is 7. The Balaban J connectivity index is 1.52. The summed E-state index contributed by atoms with van der Waals surface area (Å²) in [4.78, 5) is 50.1. The zero-order chi connectivity index (χ0) is 23.3. The summed E-state index contributed by atoms with van der Waals surface area (Å²) in [6, 6.07) is 11.7. The fourth-order valence-corrected chi connectivity index (χ4v) is 3.53. The van der Waals surface area contributed by atoms with E-state index >= 15 is 0 Å². The molecule has 0 saturated carbocycles. The van der Waals surface area contributed by atoms with Crippen LogP contribution in [0.2, 0.25) is 0 Å². The van der Waals surface area contributed by atoms with Crippen LogP contribution in [-0.4, -0.2) is 43.5 Å². The lowest BCUT2D eigenvalue weighted by atomic mass is 10.1. The second-order valence-electron chi connectivity index (χ2n) is 7.29. The Morgan fingerprint density at radius 3 is 2.50 bits per heavy atom. The van der Waals surface area contributed by atoms with Gasteiger partial charge in [-0.25, -0.2) is 4.79 Å². The minimum atomic E-state index is -0.671. The highest BCUT2D eigenvalue weighted by Crippen LogP contribution is 2.26. The maximum absolute atomic E-state index is 12.4. The van der Waals surface area contributed by atoms with Gasteiger partial charge in [0.05, 0.1) is 18.1 Å². The average molecular weight is 503 g/mol. The summed E-state index contributed by atoms with van der Waals surface area (Å²) in [6.07, 6.45) is -0.00795. The predicted octanol–water partition coefficient (Wildman–Crippen LogP) is 3.47. The minimum Gasteiger partial charge on any atom is -0.462 e. The standard InChI is InChI=1S/C23H23BrN2O6/c1-3-31-22(29)15-4-7-18(8-5-15)26-12-16(11-21(26)28)23(30)32-13-20(27)25-17-6-9-19(24)14(2)10-17/h4-10,16H,3,11-13H2,1-2H3,(H,25,27)/t16-/m1/s1. The minimum absolute atomic E-state index is 0.00795. The summed E-state index contributed by atoms with van der Waals surface area (Å²) < 4.78 is 11.0. The van der Waals surface area contributed by atoms with Gasteiger partial charge in [0.15, 0.2) is 6.61 Å². The Kier molecular flexibility index (Phi) is 7.63. The number of aryl methyl sites for hydroxylation is 1. The third-order valence-corrected chi connectivity index (χ3v) is 5.83.